The van der Waals surface area contributed by atoms with E-state index in [0.29, 0.717) is 12.5 Å². The number of carboxylic acids is 1. The van der Waals surface area contributed by atoms with Gasteiger partial charge in [-0.2, -0.15) is 0 Å². The molecule has 0 radical (unpaired) electrons. The third-order valence-electron chi connectivity index (χ3n) is 3.03. The molecule has 102 valence electrons. The van der Waals surface area contributed by atoms with Gasteiger partial charge in [-0.1, -0.05) is 12.8 Å². The van der Waals surface area contributed by atoms with Crippen LogP contribution in [-0.2, 0) is 9.59 Å². The Balaban J connectivity index is 2.31. The summed E-state index contributed by atoms with van der Waals surface area (Å²) in [6.45, 7) is 0.536. The van der Waals surface area contributed by atoms with Gasteiger partial charge in [0, 0.05) is 6.54 Å². The van der Waals surface area contributed by atoms with E-state index < -0.39 is 30.4 Å². The molecule has 0 aromatic rings. The smallest absolute Gasteiger partial charge is 0.326 e. The first kappa shape index (κ1) is 14.3. The van der Waals surface area contributed by atoms with Crippen molar-refractivity contribution in [2.24, 2.45) is 11.7 Å². The molecule has 5 N–H and O–H groups in total. The van der Waals surface area contributed by atoms with E-state index in [1.807, 2.05) is 0 Å². The summed E-state index contributed by atoms with van der Waals surface area (Å²) in [7, 11) is 0. The van der Waals surface area contributed by atoms with Crippen LogP contribution in [0.5, 0.6) is 0 Å². The lowest BCUT2D eigenvalue weighted by molar-refractivity contribution is -0.140. The molecule has 18 heavy (non-hydrogen) atoms. The van der Waals surface area contributed by atoms with Gasteiger partial charge in [0.2, 0.25) is 5.91 Å². The van der Waals surface area contributed by atoms with Gasteiger partial charge in [0.25, 0.3) is 0 Å². The minimum absolute atomic E-state index is 0.411. The Bertz CT molecular complexity index is 326. The van der Waals surface area contributed by atoms with Crippen molar-refractivity contribution in [3.8, 4) is 0 Å². The van der Waals surface area contributed by atoms with Crippen LogP contribution in [-0.4, -0.2) is 35.6 Å². The third kappa shape index (κ3) is 5.03. The van der Waals surface area contributed by atoms with Gasteiger partial charge >= 0.3 is 12.0 Å². The topological polar surface area (TPSA) is 122 Å². The average molecular weight is 257 g/mol. The Kier molecular flexibility index (Phi) is 5.41. The van der Waals surface area contributed by atoms with Crippen LogP contribution in [0, 0.1) is 5.92 Å². The molecule has 1 aliphatic rings. The van der Waals surface area contributed by atoms with Gasteiger partial charge in [0.05, 0.1) is 6.42 Å². The molecule has 0 unspecified atom stereocenters. The van der Waals surface area contributed by atoms with Crippen molar-refractivity contribution in [2.45, 2.75) is 38.1 Å². The zero-order chi connectivity index (χ0) is 13.5. The van der Waals surface area contributed by atoms with E-state index in [1.165, 1.54) is 12.8 Å². The van der Waals surface area contributed by atoms with E-state index in [0.717, 1.165) is 12.8 Å². The summed E-state index contributed by atoms with van der Waals surface area (Å²) in [6, 6.07) is -1.85. The number of urea groups is 1. The second-order valence-electron chi connectivity index (χ2n) is 4.57. The Morgan fingerprint density at radius 2 is 1.89 bits per heavy atom. The summed E-state index contributed by atoms with van der Waals surface area (Å²) in [4.78, 5) is 32.9. The van der Waals surface area contributed by atoms with Gasteiger partial charge in [0.1, 0.15) is 6.04 Å². The summed E-state index contributed by atoms with van der Waals surface area (Å²) >= 11 is 0. The van der Waals surface area contributed by atoms with Crippen LogP contribution in [0.2, 0.25) is 0 Å². The van der Waals surface area contributed by atoms with Crippen LogP contribution >= 0.6 is 0 Å². The molecule has 0 spiro atoms. The quantitative estimate of drug-likeness (QED) is 0.526. The van der Waals surface area contributed by atoms with E-state index in [9.17, 15) is 14.4 Å². The molecular weight excluding hydrogens is 238 g/mol. The summed E-state index contributed by atoms with van der Waals surface area (Å²) in [5.41, 5.74) is 4.91. The lowest BCUT2D eigenvalue weighted by atomic mass is 10.1. The Labute approximate surface area is 105 Å². The van der Waals surface area contributed by atoms with Gasteiger partial charge in [0.15, 0.2) is 0 Å². The SMILES string of the molecule is NC(=O)C[C@H](NC(=O)NCC1CCCC1)C(=O)O. The van der Waals surface area contributed by atoms with E-state index in [2.05, 4.69) is 10.6 Å². The predicted octanol–water partition coefficient (Wildman–Crippen LogP) is -0.196. The number of rotatable bonds is 6. The highest BCUT2D eigenvalue weighted by Gasteiger charge is 2.22. The first-order chi connectivity index (χ1) is 8.49. The number of nitrogens with two attached hydrogens (primary N) is 1. The largest absolute Gasteiger partial charge is 0.480 e. The minimum atomic E-state index is -1.27. The minimum Gasteiger partial charge on any atom is -0.480 e. The molecule has 7 nitrogen and oxygen atoms in total. The lowest BCUT2D eigenvalue weighted by Gasteiger charge is -2.15. The van der Waals surface area contributed by atoms with Gasteiger partial charge < -0.3 is 21.5 Å². The Morgan fingerprint density at radius 3 is 2.39 bits per heavy atom. The Morgan fingerprint density at radius 1 is 1.28 bits per heavy atom. The molecule has 0 aliphatic heterocycles. The third-order valence-corrected chi connectivity index (χ3v) is 3.03. The number of amides is 3. The molecule has 7 heteroatoms. The monoisotopic (exact) mass is 257 g/mol. The van der Waals surface area contributed by atoms with Gasteiger partial charge in [-0.25, -0.2) is 9.59 Å². The van der Waals surface area contributed by atoms with Crippen LogP contribution in [0.4, 0.5) is 4.79 Å². The second-order valence-corrected chi connectivity index (χ2v) is 4.57. The maximum Gasteiger partial charge on any atom is 0.326 e. The van der Waals surface area contributed by atoms with Crippen molar-refractivity contribution in [1.82, 2.24) is 10.6 Å². The number of nitrogens with one attached hydrogen (secondary N) is 2. The van der Waals surface area contributed by atoms with Crippen molar-refractivity contribution in [3.05, 3.63) is 0 Å². The zero-order valence-electron chi connectivity index (χ0n) is 10.1. The van der Waals surface area contributed by atoms with Crippen molar-refractivity contribution >= 4 is 17.9 Å². The number of carboxylic acid groups (broad SMARTS) is 1. The van der Waals surface area contributed by atoms with Crippen LogP contribution in [0.1, 0.15) is 32.1 Å². The molecular formula is C11H19N3O4. The van der Waals surface area contributed by atoms with Gasteiger partial charge in [-0.3, -0.25) is 4.79 Å². The van der Waals surface area contributed by atoms with Gasteiger partial charge in [-0.15, -0.1) is 0 Å². The highest BCUT2D eigenvalue weighted by molar-refractivity contribution is 5.87. The molecule has 0 saturated heterocycles. The molecule has 0 aromatic heterocycles. The standard InChI is InChI=1S/C11H19N3O4/c12-9(15)5-8(10(16)17)14-11(18)13-6-7-3-1-2-4-7/h7-8H,1-6H2,(H2,12,15)(H,16,17)(H2,13,14,18)/t8-/m0/s1. The number of hydrogen-bond donors (Lipinski definition) is 4. The Hall–Kier alpha value is -1.79. The summed E-state index contributed by atoms with van der Waals surface area (Å²) < 4.78 is 0. The number of carbonyl (C=O) groups excluding carboxylic acids is 2. The molecule has 0 heterocycles. The lowest BCUT2D eigenvalue weighted by Crippen LogP contribution is -2.48. The molecule has 1 aliphatic carbocycles. The summed E-state index contributed by atoms with van der Waals surface area (Å²) in [5, 5.41) is 13.6. The number of aliphatic carboxylic acids is 1. The van der Waals surface area contributed by atoms with E-state index in [1.54, 1.807) is 0 Å². The zero-order valence-corrected chi connectivity index (χ0v) is 10.1. The average Bonchev–Trinajstić information content (AvgIpc) is 2.77. The van der Waals surface area contributed by atoms with Gasteiger partial charge in [-0.05, 0) is 18.8 Å². The fourth-order valence-electron chi connectivity index (χ4n) is 2.06. The fraction of sp³-hybridized carbons (Fsp3) is 0.727. The number of hydrogen-bond acceptors (Lipinski definition) is 3. The second kappa shape index (κ2) is 6.83. The number of carbonyl (C=O) groups is 3. The van der Waals surface area contributed by atoms with E-state index in [-0.39, 0.29) is 0 Å². The van der Waals surface area contributed by atoms with Crippen molar-refractivity contribution in [2.75, 3.05) is 6.54 Å². The molecule has 1 saturated carbocycles. The van der Waals surface area contributed by atoms with Crippen LogP contribution in [0.25, 0.3) is 0 Å². The number of primary amides is 1. The maximum absolute atomic E-state index is 11.5. The first-order valence-electron chi connectivity index (χ1n) is 6.04. The maximum atomic E-state index is 11.5. The van der Waals surface area contributed by atoms with Crippen LogP contribution < -0.4 is 16.4 Å². The van der Waals surface area contributed by atoms with Crippen molar-refractivity contribution in [3.63, 3.8) is 0 Å². The summed E-state index contributed by atoms with van der Waals surface area (Å²) in [6.07, 6.45) is 4.11. The highest BCUT2D eigenvalue weighted by atomic mass is 16.4. The highest BCUT2D eigenvalue weighted by Crippen LogP contribution is 2.23. The first-order valence-corrected chi connectivity index (χ1v) is 6.04. The van der Waals surface area contributed by atoms with E-state index in [4.69, 9.17) is 10.8 Å². The molecule has 1 atom stereocenters. The molecule has 1 fully saturated rings. The molecule has 1 rings (SSSR count). The van der Waals surface area contributed by atoms with Crippen molar-refractivity contribution in [1.29, 1.82) is 0 Å². The summed E-state index contributed by atoms with van der Waals surface area (Å²) in [5.74, 6) is -1.57. The molecule has 0 bridgehead atoms. The van der Waals surface area contributed by atoms with Crippen LogP contribution in [0.15, 0.2) is 0 Å². The van der Waals surface area contributed by atoms with E-state index >= 15 is 0 Å². The molecule has 3 amide bonds. The normalized spacial score (nSPS) is 17.1. The van der Waals surface area contributed by atoms with Crippen LogP contribution in [0.3, 0.4) is 0 Å². The fourth-order valence-corrected chi connectivity index (χ4v) is 2.06. The molecule has 0 aromatic carbocycles. The predicted molar refractivity (Wildman–Crippen MR) is 63.7 cm³/mol. The van der Waals surface area contributed by atoms with Crippen molar-refractivity contribution < 1.29 is 19.5 Å².